The van der Waals surface area contributed by atoms with Crippen LogP contribution in [0.3, 0.4) is 0 Å². The lowest BCUT2D eigenvalue weighted by Gasteiger charge is -2.26. The first kappa shape index (κ1) is 19.4. The predicted molar refractivity (Wildman–Crippen MR) is 107 cm³/mol. The van der Waals surface area contributed by atoms with Crippen LogP contribution in [-0.2, 0) is 11.2 Å². The van der Waals surface area contributed by atoms with Crippen molar-refractivity contribution in [1.82, 2.24) is 9.88 Å². The fraction of sp³-hybridized carbons (Fsp3) is 0.455. The van der Waals surface area contributed by atoms with Crippen molar-refractivity contribution in [3.63, 3.8) is 0 Å². The average Bonchev–Trinajstić information content (AvgIpc) is 3.37. The highest BCUT2D eigenvalue weighted by molar-refractivity contribution is 6.00. The zero-order valence-electron chi connectivity index (χ0n) is 17.0. The number of fused-ring (bicyclic) bond motifs is 1. The Morgan fingerprint density at radius 3 is 2.72 bits per heavy atom. The van der Waals surface area contributed by atoms with Gasteiger partial charge in [0.15, 0.2) is 11.5 Å². The van der Waals surface area contributed by atoms with Crippen LogP contribution < -0.4 is 9.47 Å². The smallest absolute Gasteiger partial charge is 0.339 e. The number of aromatic nitrogens is 1. The molecule has 4 rings (SSSR count). The van der Waals surface area contributed by atoms with Gasteiger partial charge in [-0.15, -0.1) is 0 Å². The third kappa shape index (κ3) is 3.34. The van der Waals surface area contributed by atoms with Gasteiger partial charge >= 0.3 is 5.97 Å². The summed E-state index contributed by atoms with van der Waals surface area (Å²) in [6.45, 7) is 5.49. The second kappa shape index (κ2) is 7.81. The first-order valence-corrected chi connectivity index (χ1v) is 10.0. The quantitative estimate of drug-likeness (QED) is 0.798. The van der Waals surface area contributed by atoms with Crippen LogP contribution in [0.2, 0.25) is 0 Å². The molecule has 1 fully saturated rings. The Hall–Kier alpha value is -2.96. The van der Waals surface area contributed by atoms with Gasteiger partial charge in [0.1, 0.15) is 18.9 Å². The van der Waals surface area contributed by atoms with E-state index in [4.69, 9.17) is 14.2 Å². The van der Waals surface area contributed by atoms with E-state index >= 15 is 0 Å². The van der Waals surface area contributed by atoms with Crippen LogP contribution in [-0.4, -0.2) is 48.6 Å². The number of carbonyl (C=O) groups excluding carboxylic acids is 2. The fourth-order valence-electron chi connectivity index (χ4n) is 4.28. The molecule has 0 unspecified atom stereocenters. The SMILES string of the molecule is CCc1[nH]c(C(=O)N2CCC[C@H]2c2ccc3c(c2)OCCO3)c(C)c1C(=O)OC. The van der Waals surface area contributed by atoms with Crippen molar-refractivity contribution in [3.8, 4) is 11.5 Å². The molecule has 1 N–H and O–H groups in total. The Kier molecular flexibility index (Phi) is 5.22. The van der Waals surface area contributed by atoms with Crippen molar-refractivity contribution in [3.05, 3.63) is 46.3 Å². The van der Waals surface area contributed by atoms with Crippen molar-refractivity contribution in [2.24, 2.45) is 0 Å². The molecule has 2 aliphatic rings. The summed E-state index contributed by atoms with van der Waals surface area (Å²) >= 11 is 0. The summed E-state index contributed by atoms with van der Waals surface area (Å²) in [7, 11) is 1.36. The standard InChI is InChI=1S/C22H26N2O5/c1-4-15-19(22(26)27-3)13(2)20(23-15)21(25)24-9-5-6-16(24)14-7-8-17-18(12-14)29-11-10-28-17/h7-8,12,16,23H,4-6,9-11H2,1-3H3/t16-/m0/s1. The number of aromatic amines is 1. The van der Waals surface area contributed by atoms with Crippen LogP contribution in [0.1, 0.15) is 63.5 Å². The van der Waals surface area contributed by atoms with E-state index in [2.05, 4.69) is 4.98 Å². The predicted octanol–water partition coefficient (Wildman–Crippen LogP) is 3.42. The molecule has 7 heteroatoms. The lowest BCUT2D eigenvalue weighted by molar-refractivity contribution is 0.0599. The van der Waals surface area contributed by atoms with E-state index in [0.717, 1.165) is 35.6 Å². The normalized spacial score (nSPS) is 18.0. The molecule has 0 radical (unpaired) electrons. The Bertz CT molecular complexity index is 949. The summed E-state index contributed by atoms with van der Waals surface area (Å²) in [6.07, 6.45) is 2.43. The number of carbonyl (C=O) groups is 2. The number of likely N-dealkylation sites (tertiary alicyclic amines) is 1. The van der Waals surface area contributed by atoms with Crippen LogP contribution >= 0.6 is 0 Å². The summed E-state index contributed by atoms with van der Waals surface area (Å²) in [5, 5.41) is 0. The molecule has 2 aliphatic heterocycles. The zero-order valence-corrected chi connectivity index (χ0v) is 17.0. The van der Waals surface area contributed by atoms with Gasteiger partial charge in [0.25, 0.3) is 5.91 Å². The maximum absolute atomic E-state index is 13.4. The second-order valence-corrected chi connectivity index (χ2v) is 7.38. The van der Waals surface area contributed by atoms with Gasteiger partial charge in [-0.25, -0.2) is 4.79 Å². The van der Waals surface area contributed by atoms with Crippen molar-refractivity contribution < 1.29 is 23.8 Å². The largest absolute Gasteiger partial charge is 0.486 e. The minimum atomic E-state index is -0.417. The van der Waals surface area contributed by atoms with Crippen molar-refractivity contribution in [1.29, 1.82) is 0 Å². The van der Waals surface area contributed by atoms with Gasteiger partial charge in [0.05, 0.1) is 18.7 Å². The van der Waals surface area contributed by atoms with Crippen LogP contribution in [0.15, 0.2) is 18.2 Å². The lowest BCUT2D eigenvalue weighted by atomic mass is 10.0. The lowest BCUT2D eigenvalue weighted by Crippen LogP contribution is -2.31. The monoisotopic (exact) mass is 398 g/mol. The molecule has 0 saturated carbocycles. The molecule has 154 valence electrons. The van der Waals surface area contributed by atoms with Crippen LogP contribution in [0.25, 0.3) is 0 Å². The number of nitrogens with one attached hydrogen (secondary N) is 1. The summed E-state index contributed by atoms with van der Waals surface area (Å²) in [4.78, 5) is 30.7. The average molecular weight is 398 g/mol. The van der Waals surface area contributed by atoms with Crippen LogP contribution in [0, 0.1) is 6.92 Å². The first-order chi connectivity index (χ1) is 14.0. The number of amides is 1. The van der Waals surface area contributed by atoms with E-state index in [1.165, 1.54) is 7.11 Å². The molecule has 2 aromatic rings. The van der Waals surface area contributed by atoms with Crippen molar-refractivity contribution in [2.45, 2.75) is 39.2 Å². The van der Waals surface area contributed by atoms with Gasteiger partial charge in [-0.05, 0) is 49.4 Å². The molecule has 1 aromatic heterocycles. The van der Waals surface area contributed by atoms with E-state index in [9.17, 15) is 9.59 Å². The zero-order chi connectivity index (χ0) is 20.5. The number of benzene rings is 1. The second-order valence-electron chi connectivity index (χ2n) is 7.38. The topological polar surface area (TPSA) is 80.9 Å². The molecule has 1 amide bonds. The minimum absolute atomic E-state index is 0.0346. The highest BCUT2D eigenvalue weighted by Gasteiger charge is 2.34. The molecule has 3 heterocycles. The van der Waals surface area contributed by atoms with Crippen LogP contribution in [0.5, 0.6) is 11.5 Å². The van der Waals surface area contributed by atoms with E-state index in [1.807, 2.05) is 30.0 Å². The number of nitrogens with zero attached hydrogens (tertiary/aromatic N) is 1. The highest BCUT2D eigenvalue weighted by atomic mass is 16.6. The third-order valence-corrected chi connectivity index (χ3v) is 5.75. The van der Waals surface area contributed by atoms with Crippen molar-refractivity contribution >= 4 is 11.9 Å². The van der Waals surface area contributed by atoms with E-state index in [-0.39, 0.29) is 11.9 Å². The molecule has 0 bridgehead atoms. The van der Waals surface area contributed by atoms with Gasteiger partial charge in [-0.3, -0.25) is 4.79 Å². The molecule has 1 aromatic carbocycles. The van der Waals surface area contributed by atoms with E-state index in [1.54, 1.807) is 6.92 Å². The summed E-state index contributed by atoms with van der Waals surface area (Å²) in [5.74, 6) is 0.959. The molecular formula is C22H26N2O5. The number of methoxy groups -OCH3 is 1. The summed E-state index contributed by atoms with van der Waals surface area (Å²) in [6, 6.07) is 5.86. The summed E-state index contributed by atoms with van der Waals surface area (Å²) < 4.78 is 16.2. The molecule has 7 nitrogen and oxygen atoms in total. The summed E-state index contributed by atoms with van der Waals surface area (Å²) in [5.41, 5.74) is 3.34. The number of aryl methyl sites for hydroxylation is 1. The van der Waals surface area contributed by atoms with Gasteiger partial charge in [-0.1, -0.05) is 13.0 Å². The van der Waals surface area contributed by atoms with Gasteiger partial charge in [0.2, 0.25) is 0 Å². The van der Waals surface area contributed by atoms with Gasteiger partial charge in [0, 0.05) is 12.2 Å². The first-order valence-electron chi connectivity index (χ1n) is 10.0. The number of hydrogen-bond acceptors (Lipinski definition) is 5. The number of ether oxygens (including phenoxy) is 3. The number of hydrogen-bond donors (Lipinski definition) is 1. The minimum Gasteiger partial charge on any atom is -0.486 e. The highest BCUT2D eigenvalue weighted by Crippen LogP contribution is 2.39. The number of rotatable bonds is 4. The third-order valence-electron chi connectivity index (χ3n) is 5.75. The van der Waals surface area contributed by atoms with Crippen molar-refractivity contribution in [2.75, 3.05) is 26.9 Å². The van der Waals surface area contributed by atoms with Gasteiger partial charge < -0.3 is 24.1 Å². The van der Waals surface area contributed by atoms with E-state index in [0.29, 0.717) is 43.0 Å². The maximum atomic E-state index is 13.4. The van der Waals surface area contributed by atoms with Gasteiger partial charge in [-0.2, -0.15) is 0 Å². The molecule has 29 heavy (non-hydrogen) atoms. The Labute approximate surface area is 169 Å². The molecule has 0 aliphatic carbocycles. The Balaban J connectivity index is 1.65. The fourth-order valence-corrected chi connectivity index (χ4v) is 4.28. The number of H-pyrrole nitrogens is 1. The molecule has 1 saturated heterocycles. The Morgan fingerprint density at radius 2 is 2.00 bits per heavy atom. The maximum Gasteiger partial charge on any atom is 0.339 e. The molecular weight excluding hydrogens is 372 g/mol. The Morgan fingerprint density at radius 1 is 1.24 bits per heavy atom. The molecule has 0 spiro atoms. The molecule has 1 atom stereocenters. The van der Waals surface area contributed by atoms with E-state index < -0.39 is 5.97 Å². The van der Waals surface area contributed by atoms with Crippen LogP contribution in [0.4, 0.5) is 0 Å². The number of esters is 1.